The van der Waals surface area contributed by atoms with Gasteiger partial charge in [-0.1, -0.05) is 32.0 Å². The fraction of sp³-hybridized carbons (Fsp3) is 0.407. The third-order valence-corrected chi connectivity index (χ3v) is 9.49. The zero-order valence-corrected chi connectivity index (χ0v) is 23.8. The van der Waals surface area contributed by atoms with Gasteiger partial charge in [-0.15, -0.1) is 11.3 Å². The van der Waals surface area contributed by atoms with E-state index in [1.807, 2.05) is 38.1 Å². The molecule has 4 rings (SSSR count). The number of rotatable bonds is 9. The van der Waals surface area contributed by atoms with Crippen molar-refractivity contribution in [3.05, 3.63) is 64.8 Å². The summed E-state index contributed by atoms with van der Waals surface area (Å²) in [7, 11) is -4.66. The Labute approximate surface area is 238 Å². The third-order valence-electron chi connectivity index (χ3n) is 6.45. The highest BCUT2D eigenvalue weighted by atomic mass is 32.2. The number of halogens is 4. The van der Waals surface area contributed by atoms with E-state index in [0.717, 1.165) is 14.4 Å². The van der Waals surface area contributed by atoms with Gasteiger partial charge in [0.15, 0.2) is 0 Å². The van der Waals surface area contributed by atoms with Crippen LogP contribution in [-0.4, -0.2) is 62.9 Å². The second kappa shape index (κ2) is 12.4. The molecule has 2 heterocycles. The van der Waals surface area contributed by atoms with Gasteiger partial charge < -0.3 is 15.4 Å². The number of carbonyl (C=O) groups excluding carboxylic acids is 2. The molecule has 2 atom stereocenters. The fourth-order valence-electron chi connectivity index (χ4n) is 4.49. The number of morpholine rings is 1. The minimum atomic E-state index is -5.09. The van der Waals surface area contributed by atoms with E-state index in [0.29, 0.717) is 23.4 Å². The molecule has 1 aliphatic heterocycles. The fourth-order valence-corrected chi connectivity index (χ4v) is 7.10. The predicted octanol–water partition coefficient (Wildman–Crippen LogP) is 4.41. The lowest BCUT2D eigenvalue weighted by Gasteiger charge is -2.33. The average Bonchev–Trinajstić information content (AvgIpc) is 3.35. The van der Waals surface area contributed by atoms with Crippen LogP contribution in [0.15, 0.2) is 53.4 Å². The lowest BCUT2D eigenvalue weighted by atomic mass is 10.0. The van der Waals surface area contributed by atoms with Crippen molar-refractivity contribution in [2.24, 2.45) is 5.92 Å². The van der Waals surface area contributed by atoms with E-state index >= 15 is 0 Å². The second-order valence-electron chi connectivity index (χ2n) is 10.0. The maximum atomic E-state index is 13.5. The molecule has 41 heavy (non-hydrogen) atoms. The molecule has 2 N–H and O–H groups in total. The quantitative estimate of drug-likeness (QED) is 0.347. The highest BCUT2D eigenvalue weighted by Gasteiger charge is 2.41. The Bertz CT molecular complexity index is 1490. The standard InChI is InChI=1S/C27H29F4N3O5S2/c1-16(2)11-21(33-26(36)23-12-17-5-3-4-6-22(17)40-23)25(35)32-14-19-15-34(9-10-39-19)41(37,38)24-8-7-18(28)13-20(24)27(29,30)31/h3-8,12-13,16,19,21H,9-11,14-15H2,1-2H3,(H,32,35)(H,33,36)/t19?,21-/m0/s1. The summed E-state index contributed by atoms with van der Waals surface area (Å²) < 4.78 is 87.5. The summed E-state index contributed by atoms with van der Waals surface area (Å²) in [6, 6.07) is 9.76. The molecule has 0 aliphatic carbocycles. The van der Waals surface area contributed by atoms with Gasteiger partial charge in [-0.05, 0) is 48.1 Å². The van der Waals surface area contributed by atoms with E-state index in [1.54, 1.807) is 6.07 Å². The Kier molecular flexibility index (Phi) is 9.36. The molecular weight excluding hydrogens is 586 g/mol. The number of nitrogens with one attached hydrogen (secondary N) is 2. The summed E-state index contributed by atoms with van der Waals surface area (Å²) in [5.41, 5.74) is -1.60. The van der Waals surface area contributed by atoms with Crippen molar-refractivity contribution >= 4 is 43.3 Å². The van der Waals surface area contributed by atoms with Gasteiger partial charge in [-0.2, -0.15) is 17.5 Å². The number of hydrogen-bond donors (Lipinski definition) is 2. The van der Waals surface area contributed by atoms with Crippen LogP contribution < -0.4 is 10.6 Å². The topological polar surface area (TPSA) is 105 Å². The van der Waals surface area contributed by atoms with E-state index in [2.05, 4.69) is 10.6 Å². The minimum absolute atomic E-state index is 0.0542. The molecule has 2 amide bonds. The second-order valence-corrected chi connectivity index (χ2v) is 13.0. The largest absolute Gasteiger partial charge is 0.417 e. The Morgan fingerprint density at radius 3 is 2.56 bits per heavy atom. The number of alkyl halides is 3. The summed E-state index contributed by atoms with van der Waals surface area (Å²) in [6.07, 6.45) is -5.62. The number of fused-ring (bicyclic) bond motifs is 1. The van der Waals surface area contributed by atoms with Crippen LogP contribution in [0.3, 0.4) is 0 Å². The number of benzene rings is 2. The summed E-state index contributed by atoms with van der Waals surface area (Å²) in [5.74, 6) is -2.07. The molecule has 2 aromatic carbocycles. The van der Waals surface area contributed by atoms with Gasteiger partial charge in [0, 0.05) is 24.3 Å². The molecule has 0 spiro atoms. The predicted molar refractivity (Wildman–Crippen MR) is 145 cm³/mol. The first kappa shape index (κ1) is 30.9. The van der Waals surface area contributed by atoms with Crippen LogP contribution in [0.5, 0.6) is 0 Å². The molecule has 1 unspecified atom stereocenters. The summed E-state index contributed by atoms with van der Waals surface area (Å²) >= 11 is 1.30. The van der Waals surface area contributed by atoms with Crippen molar-refractivity contribution in [3.8, 4) is 0 Å². The Morgan fingerprint density at radius 1 is 1.15 bits per heavy atom. The maximum Gasteiger partial charge on any atom is 0.417 e. The number of hydrogen-bond acceptors (Lipinski definition) is 6. The molecule has 222 valence electrons. The van der Waals surface area contributed by atoms with E-state index in [4.69, 9.17) is 4.74 Å². The first-order valence-electron chi connectivity index (χ1n) is 12.8. The molecule has 8 nitrogen and oxygen atoms in total. The molecule has 1 saturated heterocycles. The number of carbonyl (C=O) groups is 2. The summed E-state index contributed by atoms with van der Waals surface area (Å²) in [5, 5.41) is 6.34. The lowest BCUT2D eigenvalue weighted by Crippen LogP contribution is -2.53. The van der Waals surface area contributed by atoms with Crippen molar-refractivity contribution in [2.45, 2.75) is 43.5 Å². The van der Waals surface area contributed by atoms with Crippen LogP contribution in [-0.2, 0) is 25.7 Å². The van der Waals surface area contributed by atoms with Crippen LogP contribution in [0.1, 0.15) is 35.5 Å². The first-order chi connectivity index (χ1) is 19.3. The highest BCUT2D eigenvalue weighted by molar-refractivity contribution is 7.89. The Hall–Kier alpha value is -3.07. The van der Waals surface area contributed by atoms with Crippen molar-refractivity contribution in [3.63, 3.8) is 0 Å². The third kappa shape index (κ3) is 7.42. The minimum Gasteiger partial charge on any atom is -0.374 e. The Morgan fingerprint density at radius 2 is 1.88 bits per heavy atom. The van der Waals surface area contributed by atoms with Gasteiger partial charge in [0.05, 0.1) is 28.0 Å². The molecular formula is C27H29F4N3O5S2. The smallest absolute Gasteiger partial charge is 0.374 e. The monoisotopic (exact) mass is 615 g/mol. The number of sulfonamides is 1. The number of ether oxygens (including phenoxy) is 1. The number of thiophene rings is 1. The molecule has 0 radical (unpaired) electrons. The lowest BCUT2D eigenvalue weighted by molar-refractivity contribution is -0.140. The maximum absolute atomic E-state index is 13.5. The van der Waals surface area contributed by atoms with Crippen molar-refractivity contribution in [1.29, 1.82) is 0 Å². The first-order valence-corrected chi connectivity index (χ1v) is 15.1. The summed E-state index contributed by atoms with van der Waals surface area (Å²) in [6.45, 7) is 2.96. The van der Waals surface area contributed by atoms with E-state index in [1.165, 1.54) is 11.3 Å². The van der Waals surface area contributed by atoms with Gasteiger partial charge in [-0.25, -0.2) is 12.8 Å². The van der Waals surface area contributed by atoms with Crippen molar-refractivity contribution < 1.29 is 40.3 Å². The molecule has 0 saturated carbocycles. The normalized spacial score (nSPS) is 17.5. The molecule has 14 heteroatoms. The molecule has 1 aromatic heterocycles. The number of amides is 2. The Balaban J connectivity index is 1.42. The van der Waals surface area contributed by atoms with Gasteiger partial charge in [0.1, 0.15) is 11.9 Å². The average molecular weight is 616 g/mol. The van der Waals surface area contributed by atoms with E-state index in [-0.39, 0.29) is 38.2 Å². The van der Waals surface area contributed by atoms with Gasteiger partial charge in [0.2, 0.25) is 15.9 Å². The molecule has 3 aromatic rings. The van der Waals surface area contributed by atoms with Crippen LogP contribution in [0, 0.1) is 11.7 Å². The van der Waals surface area contributed by atoms with Crippen molar-refractivity contribution in [2.75, 3.05) is 26.2 Å². The highest BCUT2D eigenvalue weighted by Crippen LogP contribution is 2.36. The van der Waals surface area contributed by atoms with Crippen LogP contribution in [0.4, 0.5) is 17.6 Å². The van der Waals surface area contributed by atoms with Gasteiger partial charge in [-0.3, -0.25) is 9.59 Å². The van der Waals surface area contributed by atoms with Crippen LogP contribution in [0.2, 0.25) is 0 Å². The molecule has 1 aliphatic rings. The summed E-state index contributed by atoms with van der Waals surface area (Å²) in [4.78, 5) is 25.4. The van der Waals surface area contributed by atoms with Gasteiger partial charge >= 0.3 is 6.18 Å². The van der Waals surface area contributed by atoms with E-state index in [9.17, 15) is 35.6 Å². The van der Waals surface area contributed by atoms with E-state index < -0.39 is 56.4 Å². The molecule has 0 bridgehead atoms. The van der Waals surface area contributed by atoms with Gasteiger partial charge in [0.25, 0.3) is 5.91 Å². The zero-order chi connectivity index (χ0) is 29.9. The molecule has 1 fully saturated rings. The van der Waals surface area contributed by atoms with Crippen LogP contribution in [0.25, 0.3) is 10.1 Å². The number of nitrogens with zero attached hydrogens (tertiary/aromatic N) is 1. The SMILES string of the molecule is CC(C)C[C@H](NC(=O)c1cc2ccccc2s1)C(=O)NCC1CN(S(=O)(=O)c2ccc(F)cc2C(F)(F)F)CCO1. The van der Waals surface area contributed by atoms with Crippen LogP contribution >= 0.6 is 11.3 Å². The zero-order valence-electron chi connectivity index (χ0n) is 22.2. The van der Waals surface area contributed by atoms with Crippen molar-refractivity contribution in [1.82, 2.24) is 14.9 Å².